The lowest BCUT2D eigenvalue weighted by atomic mass is 9.80. The average molecular weight is 464 g/mol. The predicted octanol–water partition coefficient (Wildman–Crippen LogP) is 5.42. The summed E-state index contributed by atoms with van der Waals surface area (Å²) in [6, 6.07) is 41.0. The topological polar surface area (TPSA) is 38.8 Å². The zero-order valence-corrected chi connectivity index (χ0v) is 19.6. The van der Waals surface area contributed by atoms with E-state index in [0.717, 1.165) is 22.3 Å². The number of nitrogens with zero attached hydrogens (tertiary/aromatic N) is 1. The standard InChI is InChI=1S/C31H29NO3/c33-30-24-34-29(22-32(30)21-25-13-5-1-6-14-25)23-35-31(26-15-7-2-8-16-26,27-17-9-3-10-18-27)28-19-11-4-12-20-28/h1-20,29H,21-24H2. The number of hydrogen-bond donors (Lipinski definition) is 0. The molecule has 1 atom stereocenters. The van der Waals surface area contributed by atoms with E-state index in [1.165, 1.54) is 0 Å². The number of rotatable bonds is 8. The Morgan fingerprint density at radius 1 is 0.714 bits per heavy atom. The van der Waals surface area contributed by atoms with Gasteiger partial charge in [-0.2, -0.15) is 0 Å². The Labute approximate surface area is 206 Å². The van der Waals surface area contributed by atoms with Crippen molar-refractivity contribution in [2.45, 2.75) is 18.2 Å². The molecule has 1 fully saturated rings. The Kier molecular flexibility index (Phi) is 7.03. The largest absolute Gasteiger partial charge is 0.364 e. The summed E-state index contributed by atoms with van der Waals surface area (Å²) in [5.74, 6) is 0.00513. The molecular formula is C31H29NO3. The summed E-state index contributed by atoms with van der Waals surface area (Å²) >= 11 is 0. The van der Waals surface area contributed by atoms with Crippen LogP contribution in [0.5, 0.6) is 0 Å². The second kappa shape index (κ2) is 10.7. The summed E-state index contributed by atoms with van der Waals surface area (Å²) < 4.78 is 12.8. The summed E-state index contributed by atoms with van der Waals surface area (Å²) in [6.07, 6.45) is -0.230. The molecule has 0 radical (unpaired) electrons. The highest BCUT2D eigenvalue weighted by Gasteiger charge is 2.39. The number of carbonyl (C=O) groups excluding carboxylic acids is 1. The van der Waals surface area contributed by atoms with Crippen LogP contribution in [0.1, 0.15) is 22.3 Å². The van der Waals surface area contributed by atoms with Gasteiger partial charge in [0.2, 0.25) is 5.91 Å². The van der Waals surface area contributed by atoms with Crippen LogP contribution in [-0.2, 0) is 26.4 Å². The van der Waals surface area contributed by atoms with Crippen molar-refractivity contribution >= 4 is 5.91 Å². The molecule has 5 rings (SSSR count). The van der Waals surface area contributed by atoms with Gasteiger partial charge in [-0.1, -0.05) is 121 Å². The number of benzene rings is 4. The highest BCUT2D eigenvalue weighted by Crippen LogP contribution is 2.40. The second-order valence-electron chi connectivity index (χ2n) is 8.78. The molecule has 1 aliphatic rings. The van der Waals surface area contributed by atoms with E-state index < -0.39 is 5.60 Å². The molecule has 4 aromatic carbocycles. The maximum Gasteiger partial charge on any atom is 0.248 e. The molecule has 0 saturated carbocycles. The number of carbonyl (C=O) groups is 1. The molecule has 176 valence electrons. The van der Waals surface area contributed by atoms with Gasteiger partial charge in [0, 0.05) is 13.1 Å². The van der Waals surface area contributed by atoms with Gasteiger partial charge in [-0.25, -0.2) is 0 Å². The van der Waals surface area contributed by atoms with Crippen molar-refractivity contribution in [1.82, 2.24) is 4.90 Å². The van der Waals surface area contributed by atoms with Crippen LogP contribution in [0.25, 0.3) is 0 Å². The van der Waals surface area contributed by atoms with Crippen molar-refractivity contribution in [3.8, 4) is 0 Å². The van der Waals surface area contributed by atoms with Crippen molar-refractivity contribution in [1.29, 1.82) is 0 Å². The van der Waals surface area contributed by atoms with Crippen LogP contribution in [0.2, 0.25) is 0 Å². The molecule has 0 N–H and O–H groups in total. The lowest BCUT2D eigenvalue weighted by Gasteiger charge is -2.39. The molecule has 4 nitrogen and oxygen atoms in total. The highest BCUT2D eigenvalue weighted by atomic mass is 16.5. The Morgan fingerprint density at radius 2 is 1.17 bits per heavy atom. The Bertz CT molecular complexity index is 1120. The van der Waals surface area contributed by atoms with Gasteiger partial charge in [0.15, 0.2) is 0 Å². The minimum absolute atomic E-state index is 0.00513. The summed E-state index contributed by atoms with van der Waals surface area (Å²) in [4.78, 5) is 14.4. The van der Waals surface area contributed by atoms with Gasteiger partial charge >= 0.3 is 0 Å². The number of amides is 1. The summed E-state index contributed by atoms with van der Waals surface area (Å²) in [7, 11) is 0. The van der Waals surface area contributed by atoms with Crippen LogP contribution >= 0.6 is 0 Å². The van der Waals surface area contributed by atoms with Gasteiger partial charge in [0.1, 0.15) is 12.2 Å². The van der Waals surface area contributed by atoms with Crippen molar-refractivity contribution < 1.29 is 14.3 Å². The van der Waals surface area contributed by atoms with E-state index in [1.54, 1.807) is 0 Å². The molecule has 1 saturated heterocycles. The quantitative estimate of drug-likeness (QED) is 0.328. The smallest absolute Gasteiger partial charge is 0.248 e. The number of hydrogen-bond acceptors (Lipinski definition) is 3. The van der Waals surface area contributed by atoms with Gasteiger partial charge in [0.05, 0.1) is 12.7 Å². The molecular weight excluding hydrogens is 434 g/mol. The molecule has 4 aromatic rings. The highest BCUT2D eigenvalue weighted by molar-refractivity contribution is 5.78. The van der Waals surface area contributed by atoms with Gasteiger partial charge in [0.25, 0.3) is 0 Å². The molecule has 1 aliphatic heterocycles. The lowest BCUT2D eigenvalue weighted by Crippen LogP contribution is -2.49. The van der Waals surface area contributed by atoms with E-state index in [4.69, 9.17) is 9.47 Å². The first-order chi connectivity index (χ1) is 17.3. The van der Waals surface area contributed by atoms with Crippen LogP contribution < -0.4 is 0 Å². The van der Waals surface area contributed by atoms with Crippen molar-refractivity contribution in [2.24, 2.45) is 0 Å². The van der Waals surface area contributed by atoms with Crippen LogP contribution in [0.15, 0.2) is 121 Å². The predicted molar refractivity (Wildman–Crippen MR) is 137 cm³/mol. The van der Waals surface area contributed by atoms with E-state index in [-0.39, 0.29) is 18.6 Å². The first-order valence-electron chi connectivity index (χ1n) is 12.0. The second-order valence-corrected chi connectivity index (χ2v) is 8.78. The first-order valence-corrected chi connectivity index (χ1v) is 12.0. The zero-order chi connectivity index (χ0) is 23.9. The fourth-order valence-electron chi connectivity index (χ4n) is 4.72. The van der Waals surface area contributed by atoms with E-state index in [9.17, 15) is 4.79 Å². The molecule has 0 bridgehead atoms. The third-order valence-corrected chi connectivity index (χ3v) is 6.46. The Balaban J connectivity index is 1.45. The molecule has 4 heteroatoms. The first kappa shape index (κ1) is 23.0. The molecule has 1 unspecified atom stereocenters. The minimum atomic E-state index is -0.807. The lowest BCUT2D eigenvalue weighted by molar-refractivity contribution is -0.156. The SMILES string of the molecule is O=C1COC(COC(c2ccccc2)(c2ccccc2)c2ccccc2)CN1Cc1ccccc1. The van der Waals surface area contributed by atoms with Gasteiger partial charge in [-0.3, -0.25) is 4.79 Å². The molecule has 1 heterocycles. The maximum atomic E-state index is 12.6. The zero-order valence-electron chi connectivity index (χ0n) is 19.6. The normalized spacial score (nSPS) is 16.3. The van der Waals surface area contributed by atoms with Crippen molar-refractivity contribution in [3.63, 3.8) is 0 Å². The van der Waals surface area contributed by atoms with E-state index in [0.29, 0.717) is 19.7 Å². The minimum Gasteiger partial charge on any atom is -0.364 e. The average Bonchev–Trinajstić information content (AvgIpc) is 2.93. The van der Waals surface area contributed by atoms with Crippen molar-refractivity contribution in [2.75, 3.05) is 19.8 Å². The molecule has 35 heavy (non-hydrogen) atoms. The third kappa shape index (κ3) is 5.04. The van der Waals surface area contributed by atoms with Crippen LogP contribution in [0.4, 0.5) is 0 Å². The van der Waals surface area contributed by atoms with Crippen LogP contribution in [0, 0.1) is 0 Å². The van der Waals surface area contributed by atoms with E-state index >= 15 is 0 Å². The van der Waals surface area contributed by atoms with E-state index in [2.05, 4.69) is 36.4 Å². The molecule has 0 spiro atoms. The summed E-state index contributed by atoms with van der Waals surface area (Å²) in [5.41, 5.74) is 3.44. The molecule has 0 aromatic heterocycles. The van der Waals surface area contributed by atoms with E-state index in [1.807, 2.05) is 89.8 Å². The van der Waals surface area contributed by atoms with Crippen LogP contribution in [-0.4, -0.2) is 36.7 Å². The van der Waals surface area contributed by atoms with Crippen molar-refractivity contribution in [3.05, 3.63) is 144 Å². The fraction of sp³-hybridized carbons (Fsp3) is 0.194. The summed E-state index contributed by atoms with van der Waals surface area (Å²) in [6.45, 7) is 1.47. The third-order valence-electron chi connectivity index (χ3n) is 6.46. The number of morpholine rings is 1. The maximum absolute atomic E-state index is 12.6. The Morgan fingerprint density at radius 3 is 1.66 bits per heavy atom. The summed E-state index contributed by atoms with van der Waals surface area (Å²) in [5, 5.41) is 0. The Hall–Kier alpha value is -3.73. The number of ether oxygens (including phenoxy) is 2. The molecule has 0 aliphatic carbocycles. The monoisotopic (exact) mass is 463 g/mol. The van der Waals surface area contributed by atoms with Gasteiger partial charge < -0.3 is 14.4 Å². The van der Waals surface area contributed by atoms with Gasteiger partial charge in [-0.05, 0) is 22.3 Å². The van der Waals surface area contributed by atoms with Gasteiger partial charge in [-0.15, -0.1) is 0 Å². The fourth-order valence-corrected chi connectivity index (χ4v) is 4.72. The van der Waals surface area contributed by atoms with Crippen LogP contribution in [0.3, 0.4) is 0 Å². The molecule has 1 amide bonds.